The Bertz CT molecular complexity index is 364. The highest BCUT2D eigenvalue weighted by atomic mass is 127. The van der Waals surface area contributed by atoms with Crippen molar-refractivity contribution in [1.29, 1.82) is 0 Å². The number of halogens is 3. The topological polar surface area (TPSA) is 25.8 Å². The second-order valence-corrected chi connectivity index (χ2v) is 5.55. The van der Waals surface area contributed by atoms with Gasteiger partial charge in [-0.05, 0) is 42.4 Å². The van der Waals surface area contributed by atoms with Crippen LogP contribution in [0.1, 0.15) is 42.6 Å². The molecule has 2 rings (SSSR count). The zero-order chi connectivity index (χ0) is 10.3. The van der Waals surface area contributed by atoms with Gasteiger partial charge in [-0.1, -0.05) is 11.6 Å². The monoisotopic (exact) mass is 342 g/mol. The fraction of sp³-hybridized carbons (Fsp3) is 0.556. The highest BCUT2D eigenvalue weighted by molar-refractivity contribution is 14.1. The minimum absolute atomic E-state index is 0.179. The fourth-order valence-electron chi connectivity index (χ4n) is 1.26. The first-order valence-corrected chi connectivity index (χ1v) is 6.35. The van der Waals surface area contributed by atoms with Crippen molar-refractivity contribution in [2.24, 2.45) is 0 Å². The molecule has 1 aliphatic rings. The predicted molar refractivity (Wildman–Crippen MR) is 66.0 cm³/mol. The summed E-state index contributed by atoms with van der Waals surface area (Å²) in [7, 11) is 0. The lowest BCUT2D eigenvalue weighted by atomic mass is 10.3. The average Bonchev–Trinajstić information content (AvgIpc) is 2.92. The van der Waals surface area contributed by atoms with Crippen LogP contribution in [0.15, 0.2) is 0 Å². The SMILES string of the molecule is CC(Cl)c1nc(Cl)c(I)c(C2CC2)n1. The lowest BCUT2D eigenvalue weighted by Gasteiger charge is -2.08. The van der Waals surface area contributed by atoms with Crippen LogP contribution in [0.2, 0.25) is 5.15 Å². The van der Waals surface area contributed by atoms with E-state index in [2.05, 4.69) is 32.6 Å². The minimum Gasteiger partial charge on any atom is -0.235 e. The van der Waals surface area contributed by atoms with E-state index < -0.39 is 0 Å². The fourth-order valence-corrected chi connectivity index (χ4v) is 2.22. The molecule has 0 radical (unpaired) electrons. The molecule has 1 heterocycles. The molecular formula is C9H9Cl2IN2. The van der Waals surface area contributed by atoms with Crippen molar-refractivity contribution < 1.29 is 0 Å². The molecule has 1 aromatic heterocycles. The molecular weight excluding hydrogens is 334 g/mol. The zero-order valence-electron chi connectivity index (χ0n) is 7.60. The molecule has 1 fully saturated rings. The Kier molecular flexibility index (Phi) is 3.19. The molecule has 0 aliphatic heterocycles. The highest BCUT2D eigenvalue weighted by Crippen LogP contribution is 2.42. The summed E-state index contributed by atoms with van der Waals surface area (Å²) >= 11 is 14.2. The van der Waals surface area contributed by atoms with Crippen LogP contribution in [-0.2, 0) is 0 Å². The molecule has 0 amide bonds. The van der Waals surface area contributed by atoms with Crippen LogP contribution in [-0.4, -0.2) is 9.97 Å². The normalized spacial score (nSPS) is 18.3. The minimum atomic E-state index is -0.179. The van der Waals surface area contributed by atoms with E-state index >= 15 is 0 Å². The number of nitrogens with zero attached hydrogens (tertiary/aromatic N) is 2. The van der Waals surface area contributed by atoms with Crippen molar-refractivity contribution in [3.63, 3.8) is 0 Å². The number of rotatable bonds is 2. The molecule has 1 aliphatic carbocycles. The summed E-state index contributed by atoms with van der Waals surface area (Å²) in [6.07, 6.45) is 2.42. The van der Waals surface area contributed by atoms with Crippen LogP contribution in [0.4, 0.5) is 0 Å². The molecule has 1 atom stereocenters. The zero-order valence-corrected chi connectivity index (χ0v) is 11.3. The van der Waals surface area contributed by atoms with E-state index in [4.69, 9.17) is 23.2 Å². The van der Waals surface area contributed by atoms with Crippen LogP contribution < -0.4 is 0 Å². The Balaban J connectivity index is 2.46. The van der Waals surface area contributed by atoms with Gasteiger partial charge in [0.1, 0.15) is 11.0 Å². The first-order chi connectivity index (χ1) is 6.59. The second kappa shape index (κ2) is 4.10. The Morgan fingerprint density at radius 3 is 2.57 bits per heavy atom. The Morgan fingerprint density at radius 1 is 1.43 bits per heavy atom. The van der Waals surface area contributed by atoms with Crippen molar-refractivity contribution in [2.75, 3.05) is 0 Å². The number of aromatic nitrogens is 2. The van der Waals surface area contributed by atoms with Crippen LogP contribution in [0, 0.1) is 3.57 Å². The maximum Gasteiger partial charge on any atom is 0.147 e. The van der Waals surface area contributed by atoms with E-state index in [0.717, 1.165) is 9.26 Å². The average molecular weight is 343 g/mol. The van der Waals surface area contributed by atoms with Gasteiger partial charge in [0.05, 0.1) is 14.6 Å². The van der Waals surface area contributed by atoms with Crippen LogP contribution >= 0.6 is 45.8 Å². The summed E-state index contributed by atoms with van der Waals surface area (Å²) in [5, 5.41) is 0.354. The first-order valence-electron chi connectivity index (χ1n) is 4.46. The second-order valence-electron chi connectivity index (χ2n) is 3.46. The van der Waals surface area contributed by atoms with Crippen LogP contribution in [0.5, 0.6) is 0 Å². The lowest BCUT2D eigenvalue weighted by molar-refractivity contribution is 0.855. The number of hydrogen-bond acceptors (Lipinski definition) is 2. The van der Waals surface area contributed by atoms with E-state index in [-0.39, 0.29) is 5.38 Å². The van der Waals surface area contributed by atoms with Crippen molar-refractivity contribution in [1.82, 2.24) is 9.97 Å². The van der Waals surface area contributed by atoms with Crippen LogP contribution in [0.3, 0.4) is 0 Å². The molecule has 0 saturated heterocycles. The smallest absolute Gasteiger partial charge is 0.147 e. The third-order valence-electron chi connectivity index (χ3n) is 2.17. The Hall–Kier alpha value is 0.390. The van der Waals surface area contributed by atoms with Crippen molar-refractivity contribution >= 4 is 45.8 Å². The van der Waals surface area contributed by atoms with Gasteiger partial charge in [0.25, 0.3) is 0 Å². The van der Waals surface area contributed by atoms with E-state index in [0.29, 0.717) is 16.9 Å². The highest BCUT2D eigenvalue weighted by Gasteiger charge is 2.29. The van der Waals surface area contributed by atoms with E-state index in [9.17, 15) is 0 Å². The van der Waals surface area contributed by atoms with Crippen molar-refractivity contribution in [2.45, 2.75) is 31.1 Å². The maximum absolute atomic E-state index is 6.02. The number of hydrogen-bond donors (Lipinski definition) is 0. The van der Waals surface area contributed by atoms with Crippen molar-refractivity contribution in [3.8, 4) is 0 Å². The van der Waals surface area contributed by atoms with E-state index in [1.807, 2.05) is 6.92 Å². The molecule has 14 heavy (non-hydrogen) atoms. The third-order valence-corrected chi connectivity index (χ3v) is 4.02. The summed E-state index contributed by atoms with van der Waals surface area (Å²) in [5.74, 6) is 1.22. The third kappa shape index (κ3) is 2.14. The lowest BCUT2D eigenvalue weighted by Crippen LogP contribution is -2.03. The summed E-state index contributed by atoms with van der Waals surface area (Å²) in [6.45, 7) is 1.86. The molecule has 0 spiro atoms. The molecule has 0 bridgehead atoms. The van der Waals surface area contributed by atoms with Crippen molar-refractivity contribution in [3.05, 3.63) is 20.2 Å². The summed E-state index contributed by atoms with van der Waals surface area (Å²) in [4.78, 5) is 8.62. The van der Waals surface area contributed by atoms with Gasteiger partial charge in [-0.3, -0.25) is 0 Å². The summed E-state index contributed by atoms with van der Waals surface area (Å²) in [6, 6.07) is 0. The largest absolute Gasteiger partial charge is 0.235 e. The molecule has 0 aromatic carbocycles. The van der Waals surface area contributed by atoms with E-state index in [1.54, 1.807) is 0 Å². The molecule has 5 heteroatoms. The van der Waals surface area contributed by atoms with Crippen LogP contribution in [0.25, 0.3) is 0 Å². The van der Waals surface area contributed by atoms with Gasteiger partial charge in [-0.25, -0.2) is 9.97 Å². The Morgan fingerprint density at radius 2 is 2.07 bits per heavy atom. The summed E-state index contributed by atoms with van der Waals surface area (Å²) in [5.41, 5.74) is 1.08. The maximum atomic E-state index is 6.02. The Labute approximate surface area is 107 Å². The van der Waals surface area contributed by atoms with Gasteiger partial charge in [-0.2, -0.15) is 0 Å². The number of alkyl halides is 1. The van der Waals surface area contributed by atoms with Gasteiger partial charge >= 0.3 is 0 Å². The standard InChI is InChI=1S/C9H9Cl2IN2/c1-4(10)9-13-7(5-2-3-5)6(12)8(11)14-9/h4-5H,2-3H2,1H3. The molecule has 76 valence electrons. The molecule has 1 saturated carbocycles. The quantitative estimate of drug-likeness (QED) is 0.462. The van der Waals surface area contributed by atoms with Gasteiger partial charge < -0.3 is 0 Å². The van der Waals surface area contributed by atoms with Gasteiger partial charge in [0, 0.05) is 5.92 Å². The molecule has 1 aromatic rings. The van der Waals surface area contributed by atoms with Gasteiger partial charge in [0.15, 0.2) is 0 Å². The van der Waals surface area contributed by atoms with E-state index in [1.165, 1.54) is 12.8 Å². The predicted octanol–water partition coefficient (Wildman–Crippen LogP) is 3.91. The molecule has 0 N–H and O–H groups in total. The first kappa shape index (κ1) is 10.9. The van der Waals surface area contributed by atoms with Gasteiger partial charge in [-0.15, -0.1) is 11.6 Å². The van der Waals surface area contributed by atoms with Gasteiger partial charge in [0.2, 0.25) is 0 Å². The summed E-state index contributed by atoms with van der Waals surface area (Å²) < 4.78 is 0.979. The molecule has 1 unspecified atom stereocenters. The molecule has 2 nitrogen and oxygen atoms in total.